The fourth-order valence-corrected chi connectivity index (χ4v) is 2.36. The lowest BCUT2D eigenvalue weighted by molar-refractivity contribution is -0.117. The van der Waals surface area contributed by atoms with E-state index in [0.29, 0.717) is 5.78 Å². The molecular weight excluding hydrogens is 288 g/mol. The van der Waals surface area contributed by atoms with Crippen LogP contribution in [0.15, 0.2) is 61.1 Å². The summed E-state index contributed by atoms with van der Waals surface area (Å²) < 4.78 is 1.85. The van der Waals surface area contributed by atoms with E-state index in [1.807, 2.05) is 60.1 Å². The molecule has 3 rings (SSSR count). The molecule has 0 spiro atoms. The van der Waals surface area contributed by atoms with Crippen LogP contribution in [-0.4, -0.2) is 20.3 Å². The van der Waals surface area contributed by atoms with Crippen molar-refractivity contribution in [3.63, 3.8) is 0 Å². The number of nitrogens with zero attached hydrogens (tertiary/aromatic N) is 3. The monoisotopic (exact) mass is 306 g/mol. The maximum atomic E-state index is 12.1. The third-order valence-corrected chi connectivity index (χ3v) is 3.56. The number of rotatable bonds is 5. The number of carbonyl (C=O) groups is 1. The SMILES string of the molecule is CC[C@@H](NC(=O)/C=C/c1ccccc1)c1cn2cccnc2n1. The Kier molecular flexibility index (Phi) is 4.47. The second kappa shape index (κ2) is 6.87. The maximum Gasteiger partial charge on any atom is 0.244 e. The van der Waals surface area contributed by atoms with Crippen molar-refractivity contribution in [1.82, 2.24) is 19.7 Å². The average Bonchev–Trinajstić information content (AvgIpc) is 3.02. The molecule has 1 N–H and O–H groups in total. The van der Waals surface area contributed by atoms with Gasteiger partial charge in [0.2, 0.25) is 11.7 Å². The molecule has 0 fully saturated rings. The van der Waals surface area contributed by atoms with Crippen molar-refractivity contribution in [2.75, 3.05) is 0 Å². The Morgan fingerprint density at radius 1 is 1.30 bits per heavy atom. The normalized spacial score (nSPS) is 12.6. The molecule has 0 saturated heterocycles. The number of fused-ring (bicyclic) bond motifs is 1. The molecule has 116 valence electrons. The van der Waals surface area contributed by atoms with E-state index in [9.17, 15) is 4.79 Å². The summed E-state index contributed by atoms with van der Waals surface area (Å²) in [7, 11) is 0. The second-order valence-corrected chi connectivity index (χ2v) is 5.21. The average molecular weight is 306 g/mol. The van der Waals surface area contributed by atoms with Gasteiger partial charge in [0.05, 0.1) is 11.7 Å². The summed E-state index contributed by atoms with van der Waals surface area (Å²) in [4.78, 5) is 20.8. The zero-order valence-electron chi connectivity index (χ0n) is 12.9. The molecule has 1 aromatic carbocycles. The van der Waals surface area contributed by atoms with Gasteiger partial charge in [-0.2, -0.15) is 0 Å². The van der Waals surface area contributed by atoms with Gasteiger partial charge >= 0.3 is 0 Å². The van der Waals surface area contributed by atoms with Crippen molar-refractivity contribution in [3.8, 4) is 0 Å². The van der Waals surface area contributed by atoms with E-state index >= 15 is 0 Å². The number of nitrogens with one attached hydrogen (secondary N) is 1. The van der Waals surface area contributed by atoms with Crippen molar-refractivity contribution in [1.29, 1.82) is 0 Å². The predicted molar refractivity (Wildman–Crippen MR) is 89.6 cm³/mol. The summed E-state index contributed by atoms with van der Waals surface area (Å²) in [5.41, 5.74) is 1.81. The van der Waals surface area contributed by atoms with Gasteiger partial charge in [-0.05, 0) is 24.1 Å². The number of carbonyl (C=O) groups excluding carboxylic acids is 1. The zero-order chi connectivity index (χ0) is 16.1. The minimum absolute atomic E-state index is 0.134. The first kappa shape index (κ1) is 15.0. The molecule has 5 heteroatoms. The highest BCUT2D eigenvalue weighted by molar-refractivity contribution is 5.91. The molecule has 0 radical (unpaired) electrons. The molecule has 5 nitrogen and oxygen atoms in total. The fraction of sp³-hybridized carbons (Fsp3) is 0.167. The van der Waals surface area contributed by atoms with Crippen molar-refractivity contribution >= 4 is 17.8 Å². The molecule has 0 saturated carbocycles. The Morgan fingerprint density at radius 2 is 2.13 bits per heavy atom. The number of aromatic nitrogens is 3. The van der Waals surface area contributed by atoms with Crippen LogP contribution in [0.5, 0.6) is 0 Å². The lowest BCUT2D eigenvalue weighted by atomic mass is 10.1. The van der Waals surface area contributed by atoms with Gasteiger partial charge in [-0.15, -0.1) is 0 Å². The van der Waals surface area contributed by atoms with Gasteiger partial charge in [0.1, 0.15) is 0 Å². The first-order valence-electron chi connectivity index (χ1n) is 7.59. The van der Waals surface area contributed by atoms with E-state index in [4.69, 9.17) is 0 Å². The predicted octanol–water partition coefficient (Wildman–Crippen LogP) is 3.01. The molecule has 1 atom stereocenters. The van der Waals surface area contributed by atoms with Crippen molar-refractivity contribution in [3.05, 3.63) is 72.3 Å². The van der Waals surface area contributed by atoms with Crippen molar-refractivity contribution in [2.45, 2.75) is 19.4 Å². The summed E-state index contributed by atoms with van der Waals surface area (Å²) in [6, 6.07) is 11.4. The van der Waals surface area contributed by atoms with Crippen LogP contribution in [0, 0.1) is 0 Å². The van der Waals surface area contributed by atoms with Crippen LogP contribution in [0.2, 0.25) is 0 Å². The summed E-state index contributed by atoms with van der Waals surface area (Å²) in [6.45, 7) is 2.02. The molecule has 23 heavy (non-hydrogen) atoms. The first-order valence-corrected chi connectivity index (χ1v) is 7.59. The van der Waals surface area contributed by atoms with Crippen LogP contribution < -0.4 is 5.32 Å². The van der Waals surface area contributed by atoms with Gasteiger partial charge in [0.25, 0.3) is 0 Å². The van der Waals surface area contributed by atoms with Crippen LogP contribution in [0.1, 0.15) is 30.6 Å². The minimum Gasteiger partial charge on any atom is -0.344 e. The van der Waals surface area contributed by atoms with Crippen LogP contribution in [0.4, 0.5) is 0 Å². The molecule has 0 aliphatic rings. The second-order valence-electron chi connectivity index (χ2n) is 5.21. The van der Waals surface area contributed by atoms with E-state index in [0.717, 1.165) is 17.7 Å². The molecule has 0 aliphatic carbocycles. The van der Waals surface area contributed by atoms with Gasteiger partial charge in [-0.3, -0.25) is 9.20 Å². The third-order valence-electron chi connectivity index (χ3n) is 3.56. The molecule has 0 unspecified atom stereocenters. The van der Waals surface area contributed by atoms with Gasteiger partial charge in [-0.1, -0.05) is 37.3 Å². The van der Waals surface area contributed by atoms with Gasteiger partial charge in [-0.25, -0.2) is 9.97 Å². The molecule has 0 bridgehead atoms. The zero-order valence-corrected chi connectivity index (χ0v) is 12.9. The van der Waals surface area contributed by atoms with Crippen LogP contribution in [0.25, 0.3) is 11.9 Å². The summed E-state index contributed by atoms with van der Waals surface area (Å²) in [5.74, 6) is 0.501. The lowest BCUT2D eigenvalue weighted by Gasteiger charge is -2.12. The topological polar surface area (TPSA) is 59.3 Å². The Hall–Kier alpha value is -2.95. The number of hydrogen-bond acceptors (Lipinski definition) is 3. The van der Waals surface area contributed by atoms with Gasteiger partial charge in [0, 0.05) is 24.7 Å². The number of benzene rings is 1. The largest absolute Gasteiger partial charge is 0.344 e. The Balaban J connectivity index is 1.71. The van der Waals surface area contributed by atoms with Gasteiger partial charge in [0.15, 0.2) is 0 Å². The smallest absolute Gasteiger partial charge is 0.244 e. The lowest BCUT2D eigenvalue weighted by Crippen LogP contribution is -2.26. The maximum absolute atomic E-state index is 12.1. The third kappa shape index (κ3) is 3.63. The number of hydrogen-bond donors (Lipinski definition) is 1. The van der Waals surface area contributed by atoms with E-state index in [2.05, 4.69) is 15.3 Å². The standard InChI is InChI=1S/C18H18N4O/c1-2-15(16-13-22-12-6-11-19-18(22)21-16)20-17(23)10-9-14-7-4-3-5-8-14/h3-13,15H,2H2,1H3,(H,20,23)/b10-9+/t15-/m1/s1. The minimum atomic E-state index is -0.135. The highest BCUT2D eigenvalue weighted by atomic mass is 16.1. The van der Waals surface area contributed by atoms with E-state index in [1.165, 1.54) is 0 Å². The van der Waals surface area contributed by atoms with E-state index < -0.39 is 0 Å². The van der Waals surface area contributed by atoms with E-state index in [-0.39, 0.29) is 11.9 Å². The summed E-state index contributed by atoms with van der Waals surface area (Å²) in [6.07, 6.45) is 9.60. The number of amides is 1. The number of imidazole rings is 1. The molecule has 3 aromatic rings. The first-order chi connectivity index (χ1) is 11.3. The fourth-order valence-electron chi connectivity index (χ4n) is 2.36. The Morgan fingerprint density at radius 3 is 2.87 bits per heavy atom. The van der Waals surface area contributed by atoms with Crippen LogP contribution in [0.3, 0.4) is 0 Å². The van der Waals surface area contributed by atoms with E-state index in [1.54, 1.807) is 18.3 Å². The van der Waals surface area contributed by atoms with Gasteiger partial charge < -0.3 is 5.32 Å². The molecule has 2 aromatic heterocycles. The van der Waals surface area contributed by atoms with Crippen molar-refractivity contribution in [2.24, 2.45) is 0 Å². The highest BCUT2D eigenvalue weighted by Crippen LogP contribution is 2.15. The molecule has 0 aliphatic heterocycles. The quantitative estimate of drug-likeness (QED) is 0.737. The highest BCUT2D eigenvalue weighted by Gasteiger charge is 2.15. The molecule has 1 amide bonds. The molecule has 2 heterocycles. The Labute approximate surface area is 134 Å². The summed E-state index contributed by atoms with van der Waals surface area (Å²) in [5, 5.41) is 2.98. The summed E-state index contributed by atoms with van der Waals surface area (Å²) >= 11 is 0. The van der Waals surface area contributed by atoms with Crippen LogP contribution in [-0.2, 0) is 4.79 Å². The van der Waals surface area contributed by atoms with Crippen molar-refractivity contribution < 1.29 is 4.79 Å². The van der Waals surface area contributed by atoms with Crippen LogP contribution >= 0.6 is 0 Å². The molecular formula is C18H18N4O. The Bertz CT molecular complexity index is 790.